The standard InChI is InChI=1S/C14H13NO3/c16-7-3-6-13(17)14(18)8-10-9-15-12-5-2-1-4-11(10)12/h1-2,4-5,7,9,15H,3,6,8H2. The lowest BCUT2D eigenvalue weighted by molar-refractivity contribution is -0.136. The molecule has 18 heavy (non-hydrogen) atoms. The minimum atomic E-state index is -0.479. The van der Waals surface area contributed by atoms with E-state index in [4.69, 9.17) is 0 Å². The zero-order chi connectivity index (χ0) is 13.0. The summed E-state index contributed by atoms with van der Waals surface area (Å²) in [6, 6.07) is 7.61. The molecule has 0 aliphatic carbocycles. The first kappa shape index (κ1) is 12.2. The van der Waals surface area contributed by atoms with Crippen LogP contribution in [0.2, 0.25) is 0 Å². The van der Waals surface area contributed by atoms with Crippen LogP contribution in [0.4, 0.5) is 0 Å². The number of carbonyl (C=O) groups is 3. The van der Waals surface area contributed by atoms with Gasteiger partial charge in [-0.3, -0.25) is 9.59 Å². The molecule has 2 aromatic rings. The highest BCUT2D eigenvalue weighted by atomic mass is 16.2. The molecule has 1 aromatic carbocycles. The predicted octanol–water partition coefficient (Wildman–Crippen LogP) is 1.83. The number of H-pyrrole nitrogens is 1. The van der Waals surface area contributed by atoms with Gasteiger partial charge in [0.15, 0.2) is 5.78 Å². The van der Waals surface area contributed by atoms with E-state index in [-0.39, 0.29) is 19.3 Å². The SMILES string of the molecule is O=CCCC(=O)C(=O)Cc1c[nH]c2ccccc12. The molecule has 0 spiro atoms. The first-order chi connectivity index (χ1) is 8.72. The Hall–Kier alpha value is -2.23. The van der Waals surface area contributed by atoms with Crippen LogP contribution in [0.25, 0.3) is 10.9 Å². The third kappa shape index (κ3) is 2.53. The number of benzene rings is 1. The fourth-order valence-corrected chi connectivity index (χ4v) is 1.88. The maximum atomic E-state index is 11.7. The van der Waals surface area contributed by atoms with Gasteiger partial charge < -0.3 is 9.78 Å². The average molecular weight is 243 g/mol. The lowest BCUT2D eigenvalue weighted by atomic mass is 10.0. The summed E-state index contributed by atoms with van der Waals surface area (Å²) in [5.74, 6) is -0.922. The number of ketones is 2. The van der Waals surface area contributed by atoms with Crippen LogP contribution in [0.5, 0.6) is 0 Å². The van der Waals surface area contributed by atoms with Crippen molar-refractivity contribution < 1.29 is 14.4 Å². The van der Waals surface area contributed by atoms with E-state index in [1.807, 2.05) is 24.3 Å². The smallest absolute Gasteiger partial charge is 0.202 e. The molecule has 0 saturated heterocycles. The van der Waals surface area contributed by atoms with Crippen molar-refractivity contribution >= 4 is 28.8 Å². The molecule has 0 unspecified atom stereocenters. The highest BCUT2D eigenvalue weighted by molar-refractivity contribution is 6.38. The van der Waals surface area contributed by atoms with Crippen molar-refractivity contribution in [3.05, 3.63) is 36.0 Å². The third-order valence-electron chi connectivity index (χ3n) is 2.83. The number of hydrogen-bond donors (Lipinski definition) is 1. The Bertz CT molecular complexity index is 598. The molecule has 0 bridgehead atoms. The summed E-state index contributed by atoms with van der Waals surface area (Å²) in [6.45, 7) is 0. The van der Waals surface area contributed by atoms with Gasteiger partial charge in [0, 0.05) is 36.4 Å². The van der Waals surface area contributed by atoms with Crippen molar-refractivity contribution in [3.8, 4) is 0 Å². The van der Waals surface area contributed by atoms with Gasteiger partial charge >= 0.3 is 0 Å². The van der Waals surface area contributed by atoms with Gasteiger partial charge in [-0.15, -0.1) is 0 Å². The van der Waals surface area contributed by atoms with Gasteiger partial charge in [0.05, 0.1) is 0 Å². The maximum absolute atomic E-state index is 11.7. The molecule has 1 N–H and O–H groups in total. The molecule has 1 aromatic heterocycles. The molecule has 0 amide bonds. The Kier molecular flexibility index (Phi) is 3.67. The molecule has 4 nitrogen and oxygen atoms in total. The highest BCUT2D eigenvalue weighted by Gasteiger charge is 2.15. The summed E-state index contributed by atoms with van der Waals surface area (Å²) in [5.41, 5.74) is 1.76. The molecule has 0 atom stereocenters. The summed E-state index contributed by atoms with van der Waals surface area (Å²) in [6.07, 6.45) is 2.59. The van der Waals surface area contributed by atoms with Crippen LogP contribution in [0.3, 0.4) is 0 Å². The molecule has 1 heterocycles. The summed E-state index contributed by atoms with van der Waals surface area (Å²) in [4.78, 5) is 36.3. The number of aldehydes is 1. The van der Waals surface area contributed by atoms with Gasteiger partial charge in [-0.1, -0.05) is 18.2 Å². The fraction of sp³-hybridized carbons (Fsp3) is 0.214. The number of nitrogens with one attached hydrogen (secondary N) is 1. The Labute approximate surface area is 104 Å². The number of aromatic amines is 1. The number of rotatable bonds is 6. The van der Waals surface area contributed by atoms with E-state index in [1.165, 1.54) is 0 Å². The van der Waals surface area contributed by atoms with Crippen molar-refractivity contribution in [3.63, 3.8) is 0 Å². The number of fused-ring (bicyclic) bond motifs is 1. The molecule has 0 fully saturated rings. The highest BCUT2D eigenvalue weighted by Crippen LogP contribution is 2.18. The van der Waals surface area contributed by atoms with Crippen molar-refractivity contribution in [2.75, 3.05) is 0 Å². The molecule has 0 aliphatic heterocycles. The topological polar surface area (TPSA) is 67.0 Å². The minimum absolute atomic E-state index is 0.00465. The molecular weight excluding hydrogens is 230 g/mol. The van der Waals surface area contributed by atoms with E-state index in [0.717, 1.165) is 16.5 Å². The van der Waals surface area contributed by atoms with Crippen molar-refractivity contribution in [2.24, 2.45) is 0 Å². The molecule has 0 saturated carbocycles. The van der Waals surface area contributed by atoms with Crippen LogP contribution in [-0.4, -0.2) is 22.8 Å². The van der Waals surface area contributed by atoms with Crippen LogP contribution in [0, 0.1) is 0 Å². The molecule has 0 aliphatic rings. The normalized spacial score (nSPS) is 10.4. The first-order valence-corrected chi connectivity index (χ1v) is 5.77. The summed E-state index contributed by atoms with van der Waals surface area (Å²) in [5, 5.41) is 0.953. The van der Waals surface area contributed by atoms with Crippen LogP contribution >= 0.6 is 0 Å². The summed E-state index contributed by atoms with van der Waals surface area (Å²) < 4.78 is 0. The molecule has 4 heteroatoms. The average Bonchev–Trinajstić information content (AvgIpc) is 2.79. The van der Waals surface area contributed by atoms with E-state index in [0.29, 0.717) is 6.29 Å². The largest absolute Gasteiger partial charge is 0.361 e. The van der Waals surface area contributed by atoms with E-state index in [9.17, 15) is 14.4 Å². The van der Waals surface area contributed by atoms with Crippen molar-refractivity contribution in [1.29, 1.82) is 0 Å². The van der Waals surface area contributed by atoms with Gasteiger partial charge in [-0.2, -0.15) is 0 Å². The second kappa shape index (κ2) is 5.40. The quantitative estimate of drug-likeness (QED) is 0.621. The predicted molar refractivity (Wildman–Crippen MR) is 67.3 cm³/mol. The van der Waals surface area contributed by atoms with Gasteiger partial charge in [-0.05, 0) is 11.6 Å². The second-order valence-corrected chi connectivity index (χ2v) is 4.09. The Morgan fingerprint density at radius 1 is 1.17 bits per heavy atom. The van der Waals surface area contributed by atoms with E-state index in [1.54, 1.807) is 6.20 Å². The van der Waals surface area contributed by atoms with Crippen LogP contribution in [0.15, 0.2) is 30.5 Å². The van der Waals surface area contributed by atoms with E-state index < -0.39 is 11.6 Å². The first-order valence-electron chi connectivity index (χ1n) is 5.77. The van der Waals surface area contributed by atoms with Gasteiger partial charge in [0.2, 0.25) is 5.78 Å². The third-order valence-corrected chi connectivity index (χ3v) is 2.83. The Morgan fingerprint density at radius 2 is 1.94 bits per heavy atom. The lowest BCUT2D eigenvalue weighted by Crippen LogP contribution is -2.16. The minimum Gasteiger partial charge on any atom is -0.361 e. The van der Waals surface area contributed by atoms with Crippen LogP contribution in [0.1, 0.15) is 18.4 Å². The fourth-order valence-electron chi connectivity index (χ4n) is 1.88. The lowest BCUT2D eigenvalue weighted by Gasteiger charge is -1.98. The molecule has 2 rings (SSSR count). The number of aromatic nitrogens is 1. The second-order valence-electron chi connectivity index (χ2n) is 4.09. The van der Waals surface area contributed by atoms with Crippen LogP contribution < -0.4 is 0 Å². The van der Waals surface area contributed by atoms with Crippen molar-refractivity contribution in [2.45, 2.75) is 19.3 Å². The molecule has 0 radical (unpaired) electrons. The number of hydrogen-bond acceptors (Lipinski definition) is 3. The van der Waals surface area contributed by atoms with Crippen molar-refractivity contribution in [1.82, 2.24) is 4.98 Å². The number of para-hydroxylation sites is 1. The van der Waals surface area contributed by atoms with Gasteiger partial charge in [0.25, 0.3) is 0 Å². The Balaban J connectivity index is 2.11. The summed E-state index contributed by atoms with van der Waals surface area (Å²) >= 11 is 0. The number of Topliss-reactive ketones (excluding diaryl/α,β-unsaturated/α-hetero) is 2. The van der Waals surface area contributed by atoms with Crippen LogP contribution in [-0.2, 0) is 20.8 Å². The van der Waals surface area contributed by atoms with Gasteiger partial charge in [-0.25, -0.2) is 0 Å². The van der Waals surface area contributed by atoms with Gasteiger partial charge in [0.1, 0.15) is 6.29 Å². The Morgan fingerprint density at radius 3 is 2.72 bits per heavy atom. The molecule has 92 valence electrons. The zero-order valence-corrected chi connectivity index (χ0v) is 9.81. The summed E-state index contributed by atoms with van der Waals surface area (Å²) in [7, 11) is 0. The maximum Gasteiger partial charge on any atom is 0.202 e. The van der Waals surface area contributed by atoms with E-state index in [2.05, 4.69) is 4.98 Å². The molecular formula is C14H13NO3. The monoisotopic (exact) mass is 243 g/mol. The van der Waals surface area contributed by atoms with E-state index >= 15 is 0 Å². The number of carbonyl (C=O) groups excluding carboxylic acids is 3. The zero-order valence-electron chi connectivity index (χ0n) is 9.81.